The van der Waals surface area contributed by atoms with Crippen molar-refractivity contribution in [3.05, 3.63) is 23.2 Å². The maximum absolute atomic E-state index is 11.9. The topological polar surface area (TPSA) is 72.1 Å². The Morgan fingerprint density at radius 1 is 1.69 bits per heavy atom. The molecule has 7 heteroatoms. The fourth-order valence-electron chi connectivity index (χ4n) is 0.995. The Hall–Kier alpha value is -0.910. The van der Waals surface area contributed by atoms with E-state index in [1.54, 1.807) is 7.05 Å². The Balaban J connectivity index is 0.00000225. The molecule has 0 radical (unpaired) electrons. The van der Waals surface area contributed by atoms with Gasteiger partial charge in [0.2, 0.25) is 0 Å². The molecule has 0 aliphatic carbocycles. The quantitative estimate of drug-likeness (QED) is 0.883. The highest BCUT2D eigenvalue weighted by Crippen LogP contribution is 2.13. The number of carbonyl (C=O) groups is 1. The summed E-state index contributed by atoms with van der Waals surface area (Å²) < 4.78 is 0. The molecule has 1 unspecified atom stereocenters. The summed E-state index contributed by atoms with van der Waals surface area (Å²) in [6.07, 6.45) is 2.68. The Kier molecular flexibility index (Phi) is 6.25. The molecule has 90 valence electrons. The van der Waals surface area contributed by atoms with Crippen molar-refractivity contribution < 1.29 is 4.79 Å². The Labute approximate surface area is 105 Å². The van der Waals surface area contributed by atoms with Crippen LogP contribution in [0.1, 0.15) is 17.4 Å². The number of nitrogens with zero attached hydrogens (tertiary/aromatic N) is 3. The van der Waals surface area contributed by atoms with Crippen molar-refractivity contribution in [3.63, 3.8) is 0 Å². The third-order valence-electron chi connectivity index (χ3n) is 2.19. The van der Waals surface area contributed by atoms with Crippen LogP contribution < -0.4 is 5.73 Å². The molecule has 1 amide bonds. The minimum Gasteiger partial charge on any atom is -0.336 e. The fourth-order valence-corrected chi connectivity index (χ4v) is 1.18. The molecule has 1 aromatic rings. The lowest BCUT2D eigenvalue weighted by atomic mass is 10.2. The van der Waals surface area contributed by atoms with Crippen LogP contribution in [-0.4, -0.2) is 40.4 Å². The van der Waals surface area contributed by atoms with Gasteiger partial charge >= 0.3 is 0 Å². The maximum atomic E-state index is 11.9. The molecular formula is C9H14Cl2N4O. The molecule has 0 saturated carbocycles. The highest BCUT2D eigenvalue weighted by molar-refractivity contribution is 6.33. The van der Waals surface area contributed by atoms with Crippen LogP contribution in [0, 0.1) is 0 Å². The molecule has 0 spiro atoms. The summed E-state index contributed by atoms with van der Waals surface area (Å²) in [4.78, 5) is 20.9. The summed E-state index contributed by atoms with van der Waals surface area (Å²) in [5, 5.41) is 0.249. The van der Waals surface area contributed by atoms with Crippen molar-refractivity contribution in [2.24, 2.45) is 5.73 Å². The average molecular weight is 265 g/mol. The van der Waals surface area contributed by atoms with Crippen LogP contribution in [0.15, 0.2) is 12.5 Å². The van der Waals surface area contributed by atoms with Gasteiger partial charge in [-0.25, -0.2) is 9.97 Å². The number of amides is 1. The van der Waals surface area contributed by atoms with E-state index in [2.05, 4.69) is 9.97 Å². The van der Waals surface area contributed by atoms with Crippen LogP contribution in [-0.2, 0) is 0 Å². The van der Waals surface area contributed by atoms with E-state index in [1.807, 2.05) is 6.92 Å². The number of hydrogen-bond acceptors (Lipinski definition) is 4. The third-order valence-corrected chi connectivity index (χ3v) is 2.47. The SMILES string of the molecule is CC(CN)N(C)C(=O)c1ncncc1Cl.Cl. The van der Waals surface area contributed by atoms with Gasteiger partial charge in [0.25, 0.3) is 5.91 Å². The van der Waals surface area contributed by atoms with E-state index in [0.717, 1.165) is 0 Å². The zero-order chi connectivity index (χ0) is 11.4. The largest absolute Gasteiger partial charge is 0.336 e. The third kappa shape index (κ3) is 3.30. The van der Waals surface area contributed by atoms with E-state index in [4.69, 9.17) is 17.3 Å². The predicted octanol–water partition coefficient (Wildman–Crippen LogP) is 0.971. The van der Waals surface area contributed by atoms with Crippen LogP contribution >= 0.6 is 24.0 Å². The van der Waals surface area contributed by atoms with Crippen LogP contribution in [0.4, 0.5) is 0 Å². The molecular weight excluding hydrogens is 251 g/mol. The van der Waals surface area contributed by atoms with E-state index in [-0.39, 0.29) is 35.1 Å². The summed E-state index contributed by atoms with van der Waals surface area (Å²) in [6, 6.07) is -0.0523. The minimum atomic E-state index is -0.250. The number of nitrogens with two attached hydrogens (primary N) is 1. The summed E-state index contributed by atoms with van der Waals surface area (Å²) in [7, 11) is 1.66. The van der Waals surface area contributed by atoms with E-state index in [0.29, 0.717) is 6.54 Å². The first-order valence-electron chi connectivity index (χ1n) is 4.50. The van der Waals surface area contributed by atoms with Gasteiger partial charge in [0.15, 0.2) is 0 Å². The van der Waals surface area contributed by atoms with E-state index >= 15 is 0 Å². The minimum absolute atomic E-state index is 0. The van der Waals surface area contributed by atoms with E-state index < -0.39 is 0 Å². The van der Waals surface area contributed by atoms with Crippen LogP contribution in [0.25, 0.3) is 0 Å². The number of carbonyl (C=O) groups excluding carboxylic acids is 1. The standard InChI is InChI=1S/C9H13ClN4O.ClH/c1-6(3-11)14(2)9(15)8-7(10)4-12-5-13-8;/h4-6H,3,11H2,1-2H3;1H. The van der Waals surface area contributed by atoms with Gasteiger partial charge in [-0.05, 0) is 6.92 Å². The van der Waals surface area contributed by atoms with Crippen molar-refractivity contribution in [2.45, 2.75) is 13.0 Å². The average Bonchev–Trinajstić information content (AvgIpc) is 2.26. The zero-order valence-corrected chi connectivity index (χ0v) is 10.6. The monoisotopic (exact) mass is 264 g/mol. The van der Waals surface area contributed by atoms with Crippen molar-refractivity contribution >= 4 is 29.9 Å². The summed E-state index contributed by atoms with van der Waals surface area (Å²) in [5.41, 5.74) is 5.67. The molecule has 5 nitrogen and oxygen atoms in total. The summed E-state index contributed by atoms with van der Waals surface area (Å²) in [6.45, 7) is 2.25. The maximum Gasteiger partial charge on any atom is 0.274 e. The first kappa shape index (κ1) is 15.1. The highest BCUT2D eigenvalue weighted by Gasteiger charge is 2.19. The molecule has 0 aliphatic rings. The van der Waals surface area contributed by atoms with Crippen LogP contribution in [0.2, 0.25) is 5.02 Å². The molecule has 1 aromatic heterocycles. The molecule has 0 saturated heterocycles. The van der Waals surface area contributed by atoms with Crippen molar-refractivity contribution in [1.82, 2.24) is 14.9 Å². The van der Waals surface area contributed by atoms with Crippen molar-refractivity contribution in [2.75, 3.05) is 13.6 Å². The van der Waals surface area contributed by atoms with Crippen molar-refractivity contribution in [3.8, 4) is 0 Å². The van der Waals surface area contributed by atoms with Crippen LogP contribution in [0.5, 0.6) is 0 Å². The molecule has 0 aliphatic heterocycles. The van der Waals surface area contributed by atoms with Crippen molar-refractivity contribution in [1.29, 1.82) is 0 Å². The smallest absolute Gasteiger partial charge is 0.274 e. The first-order valence-corrected chi connectivity index (χ1v) is 4.88. The predicted molar refractivity (Wildman–Crippen MR) is 64.9 cm³/mol. The normalized spacial score (nSPS) is 11.5. The Morgan fingerprint density at radius 2 is 2.31 bits per heavy atom. The molecule has 1 heterocycles. The second-order valence-electron chi connectivity index (χ2n) is 3.22. The molecule has 1 rings (SSSR count). The van der Waals surface area contributed by atoms with Gasteiger partial charge < -0.3 is 10.6 Å². The van der Waals surface area contributed by atoms with E-state index in [9.17, 15) is 4.79 Å². The lowest BCUT2D eigenvalue weighted by molar-refractivity contribution is 0.0742. The Bertz CT molecular complexity index is 361. The second kappa shape index (κ2) is 6.62. The molecule has 0 fully saturated rings. The van der Waals surface area contributed by atoms with Gasteiger partial charge in [-0.3, -0.25) is 4.79 Å². The van der Waals surface area contributed by atoms with Gasteiger partial charge in [-0.2, -0.15) is 0 Å². The molecule has 0 bridgehead atoms. The van der Waals surface area contributed by atoms with E-state index in [1.165, 1.54) is 17.4 Å². The number of rotatable bonds is 3. The van der Waals surface area contributed by atoms with Gasteiger partial charge in [-0.1, -0.05) is 11.6 Å². The lowest BCUT2D eigenvalue weighted by Crippen LogP contribution is -2.40. The molecule has 0 aromatic carbocycles. The van der Waals surface area contributed by atoms with Crippen LogP contribution in [0.3, 0.4) is 0 Å². The lowest BCUT2D eigenvalue weighted by Gasteiger charge is -2.23. The van der Waals surface area contributed by atoms with Gasteiger partial charge in [-0.15, -0.1) is 12.4 Å². The number of halogens is 2. The first-order chi connectivity index (χ1) is 7.07. The number of aromatic nitrogens is 2. The highest BCUT2D eigenvalue weighted by atomic mass is 35.5. The zero-order valence-electron chi connectivity index (χ0n) is 9.05. The summed E-state index contributed by atoms with van der Waals surface area (Å²) in [5.74, 6) is -0.250. The summed E-state index contributed by atoms with van der Waals surface area (Å²) >= 11 is 5.81. The molecule has 1 atom stereocenters. The van der Waals surface area contributed by atoms with Gasteiger partial charge in [0, 0.05) is 25.8 Å². The molecule has 16 heavy (non-hydrogen) atoms. The van der Waals surface area contributed by atoms with Gasteiger partial charge in [0.1, 0.15) is 12.0 Å². The number of hydrogen-bond donors (Lipinski definition) is 1. The second-order valence-corrected chi connectivity index (χ2v) is 3.63. The van der Waals surface area contributed by atoms with Gasteiger partial charge in [0.05, 0.1) is 5.02 Å². The molecule has 2 N–H and O–H groups in total. The Morgan fingerprint density at radius 3 is 2.81 bits per heavy atom. The number of likely N-dealkylation sites (N-methyl/N-ethyl adjacent to an activating group) is 1. The fraction of sp³-hybridized carbons (Fsp3) is 0.444.